The van der Waals surface area contributed by atoms with E-state index in [9.17, 15) is 0 Å². The summed E-state index contributed by atoms with van der Waals surface area (Å²) in [5, 5.41) is 1.11. The van der Waals surface area contributed by atoms with Crippen LogP contribution in [0.3, 0.4) is 0 Å². The number of nitrogens with zero attached hydrogens (tertiary/aromatic N) is 5. The molecule has 0 amide bonds. The van der Waals surface area contributed by atoms with E-state index < -0.39 is 0 Å². The number of hydrogen-bond acceptors (Lipinski definition) is 6. The van der Waals surface area contributed by atoms with Crippen molar-refractivity contribution in [2.24, 2.45) is 5.73 Å². The van der Waals surface area contributed by atoms with Gasteiger partial charge in [0.15, 0.2) is 0 Å². The first-order valence-electron chi connectivity index (χ1n) is 11.0. The molecule has 0 unspecified atom stereocenters. The molecule has 1 aliphatic heterocycles. The number of H-pyrrole nitrogens is 1. The van der Waals surface area contributed by atoms with Crippen molar-refractivity contribution in [3.8, 4) is 22.5 Å². The highest BCUT2D eigenvalue weighted by atomic mass is 15.2. The van der Waals surface area contributed by atoms with Crippen molar-refractivity contribution in [2.45, 2.75) is 37.6 Å². The standard InChI is InChI=1S/C24H25N7/c25-17-5-7-31(8-6-17)24-14-27-13-23(30-24)19-10-28-20-4-3-16(9-18(19)20)22-12-26-11-21(29-22)15-1-2-15/h3-4,9-15,17,28H,1-2,5-8,25H2. The first kappa shape index (κ1) is 18.4. The predicted octanol–water partition coefficient (Wildman–Crippen LogP) is 3.89. The molecule has 31 heavy (non-hydrogen) atoms. The molecular weight excluding hydrogens is 386 g/mol. The molecule has 1 aromatic carbocycles. The predicted molar refractivity (Wildman–Crippen MR) is 122 cm³/mol. The molecule has 3 aromatic heterocycles. The minimum Gasteiger partial charge on any atom is -0.360 e. The molecular formula is C24H25N7. The zero-order valence-corrected chi connectivity index (χ0v) is 17.3. The van der Waals surface area contributed by atoms with Gasteiger partial charge in [-0.1, -0.05) is 6.07 Å². The van der Waals surface area contributed by atoms with Gasteiger partial charge in [-0.15, -0.1) is 0 Å². The summed E-state index contributed by atoms with van der Waals surface area (Å²) in [6.45, 7) is 1.85. The molecule has 4 aromatic rings. The molecule has 6 rings (SSSR count). The van der Waals surface area contributed by atoms with Crippen LogP contribution < -0.4 is 10.6 Å². The number of piperidine rings is 1. The lowest BCUT2D eigenvalue weighted by Crippen LogP contribution is -2.40. The highest BCUT2D eigenvalue weighted by Crippen LogP contribution is 2.39. The van der Waals surface area contributed by atoms with Crippen LogP contribution in [0, 0.1) is 0 Å². The Balaban J connectivity index is 1.37. The van der Waals surface area contributed by atoms with Crippen LogP contribution in [-0.4, -0.2) is 44.1 Å². The molecule has 7 nitrogen and oxygen atoms in total. The van der Waals surface area contributed by atoms with Gasteiger partial charge in [0.05, 0.1) is 35.7 Å². The van der Waals surface area contributed by atoms with E-state index in [0.717, 1.165) is 70.9 Å². The van der Waals surface area contributed by atoms with Crippen LogP contribution in [0.15, 0.2) is 49.2 Å². The largest absolute Gasteiger partial charge is 0.360 e. The van der Waals surface area contributed by atoms with E-state index in [1.165, 1.54) is 12.8 Å². The third-order valence-electron chi connectivity index (χ3n) is 6.39. The molecule has 4 heterocycles. The number of hydrogen-bond donors (Lipinski definition) is 2. The molecule has 2 fully saturated rings. The van der Waals surface area contributed by atoms with Crippen LogP contribution >= 0.6 is 0 Å². The Labute approximate surface area is 180 Å². The van der Waals surface area contributed by atoms with E-state index >= 15 is 0 Å². The fraction of sp³-hybridized carbons (Fsp3) is 0.333. The SMILES string of the molecule is NC1CCN(c2cncc(-c3c[nH]c4ccc(-c5cncc(C6CC6)n5)cc34)n2)CC1. The van der Waals surface area contributed by atoms with E-state index in [0.29, 0.717) is 12.0 Å². The Morgan fingerprint density at radius 3 is 2.55 bits per heavy atom. The van der Waals surface area contributed by atoms with Crippen LogP contribution in [0.1, 0.15) is 37.3 Å². The summed E-state index contributed by atoms with van der Waals surface area (Å²) in [5.41, 5.74) is 12.1. The summed E-state index contributed by atoms with van der Waals surface area (Å²) in [5.74, 6) is 1.50. The van der Waals surface area contributed by atoms with Gasteiger partial charge >= 0.3 is 0 Å². The van der Waals surface area contributed by atoms with Crippen molar-refractivity contribution >= 4 is 16.7 Å². The van der Waals surface area contributed by atoms with Crippen molar-refractivity contribution < 1.29 is 0 Å². The van der Waals surface area contributed by atoms with E-state index in [4.69, 9.17) is 15.7 Å². The molecule has 1 saturated carbocycles. The maximum Gasteiger partial charge on any atom is 0.147 e. The summed E-state index contributed by atoms with van der Waals surface area (Å²) in [4.78, 5) is 24.4. The van der Waals surface area contributed by atoms with Crippen LogP contribution in [0.2, 0.25) is 0 Å². The third kappa shape index (κ3) is 3.55. The van der Waals surface area contributed by atoms with Crippen LogP contribution in [0.5, 0.6) is 0 Å². The first-order chi connectivity index (χ1) is 15.2. The van der Waals surface area contributed by atoms with E-state index in [1.807, 2.05) is 31.0 Å². The van der Waals surface area contributed by atoms with Crippen molar-refractivity contribution in [3.63, 3.8) is 0 Å². The Bertz CT molecular complexity index is 1240. The maximum absolute atomic E-state index is 6.06. The molecule has 156 valence electrons. The van der Waals surface area contributed by atoms with Crippen molar-refractivity contribution in [1.29, 1.82) is 0 Å². The summed E-state index contributed by atoms with van der Waals surface area (Å²) in [6.07, 6.45) is 13.9. The molecule has 2 aliphatic rings. The van der Waals surface area contributed by atoms with Crippen LogP contribution in [0.25, 0.3) is 33.4 Å². The molecule has 1 aliphatic carbocycles. The summed E-state index contributed by atoms with van der Waals surface area (Å²) in [6, 6.07) is 6.67. The van der Waals surface area contributed by atoms with Gasteiger partial charge < -0.3 is 15.6 Å². The number of nitrogens with two attached hydrogens (primary N) is 1. The molecule has 7 heteroatoms. The second kappa shape index (κ2) is 7.42. The van der Waals surface area contributed by atoms with E-state index in [-0.39, 0.29) is 0 Å². The van der Waals surface area contributed by atoms with Gasteiger partial charge in [-0.05, 0) is 37.8 Å². The fourth-order valence-corrected chi connectivity index (χ4v) is 4.35. The zero-order valence-electron chi connectivity index (χ0n) is 17.3. The summed E-state index contributed by atoms with van der Waals surface area (Å²) in [7, 11) is 0. The lowest BCUT2D eigenvalue weighted by atomic mass is 10.1. The minimum absolute atomic E-state index is 0.293. The number of rotatable bonds is 4. The first-order valence-corrected chi connectivity index (χ1v) is 11.0. The smallest absolute Gasteiger partial charge is 0.147 e. The van der Waals surface area contributed by atoms with Gasteiger partial charge in [-0.2, -0.15) is 0 Å². The fourth-order valence-electron chi connectivity index (χ4n) is 4.35. The Hall–Kier alpha value is -3.32. The third-order valence-corrected chi connectivity index (χ3v) is 6.39. The van der Waals surface area contributed by atoms with Crippen LogP contribution in [0.4, 0.5) is 5.82 Å². The van der Waals surface area contributed by atoms with E-state index in [1.54, 1.807) is 0 Å². The topological polar surface area (TPSA) is 96.6 Å². The summed E-state index contributed by atoms with van der Waals surface area (Å²) >= 11 is 0. The van der Waals surface area contributed by atoms with E-state index in [2.05, 4.69) is 38.1 Å². The molecule has 0 spiro atoms. The zero-order chi connectivity index (χ0) is 20.8. The number of benzene rings is 1. The van der Waals surface area contributed by atoms with Gasteiger partial charge in [0, 0.05) is 59.5 Å². The number of nitrogens with one attached hydrogen (secondary N) is 1. The molecule has 1 saturated heterocycles. The second-order valence-corrected chi connectivity index (χ2v) is 8.65. The Morgan fingerprint density at radius 2 is 1.71 bits per heavy atom. The number of anilines is 1. The van der Waals surface area contributed by atoms with Gasteiger partial charge in [-0.3, -0.25) is 9.97 Å². The monoisotopic (exact) mass is 411 g/mol. The minimum atomic E-state index is 0.293. The average Bonchev–Trinajstić information content (AvgIpc) is 3.59. The van der Waals surface area contributed by atoms with Gasteiger partial charge in [0.25, 0.3) is 0 Å². The molecule has 0 atom stereocenters. The Kier molecular flexibility index (Phi) is 4.42. The average molecular weight is 412 g/mol. The molecule has 0 radical (unpaired) electrons. The lowest BCUT2D eigenvalue weighted by molar-refractivity contribution is 0.498. The normalized spacial score (nSPS) is 17.4. The van der Waals surface area contributed by atoms with Crippen molar-refractivity contribution in [2.75, 3.05) is 18.0 Å². The molecule has 3 N–H and O–H groups in total. The molecule has 0 bridgehead atoms. The van der Waals surface area contributed by atoms with Crippen LogP contribution in [-0.2, 0) is 0 Å². The summed E-state index contributed by atoms with van der Waals surface area (Å²) < 4.78 is 0. The number of aromatic amines is 1. The number of fused-ring (bicyclic) bond motifs is 1. The van der Waals surface area contributed by atoms with Gasteiger partial charge in [0.1, 0.15) is 5.82 Å². The second-order valence-electron chi connectivity index (χ2n) is 8.65. The van der Waals surface area contributed by atoms with Gasteiger partial charge in [-0.25, -0.2) is 9.97 Å². The lowest BCUT2D eigenvalue weighted by Gasteiger charge is -2.30. The maximum atomic E-state index is 6.06. The van der Waals surface area contributed by atoms with Crippen molar-refractivity contribution in [1.82, 2.24) is 24.9 Å². The number of aromatic nitrogens is 5. The quantitative estimate of drug-likeness (QED) is 0.529. The highest BCUT2D eigenvalue weighted by molar-refractivity contribution is 5.97. The highest BCUT2D eigenvalue weighted by Gasteiger charge is 2.25. The van der Waals surface area contributed by atoms with Crippen molar-refractivity contribution in [3.05, 3.63) is 54.9 Å². The van der Waals surface area contributed by atoms with Gasteiger partial charge in [0.2, 0.25) is 0 Å². The Morgan fingerprint density at radius 1 is 0.903 bits per heavy atom.